The summed E-state index contributed by atoms with van der Waals surface area (Å²) in [6, 6.07) is 0. The van der Waals surface area contributed by atoms with Crippen molar-refractivity contribution in [2.75, 3.05) is 44.8 Å². The van der Waals surface area contributed by atoms with Crippen LogP contribution in [0.25, 0.3) is 0 Å². The Labute approximate surface area is 155 Å². The number of nitrogens with one attached hydrogen (secondary N) is 2. The third-order valence-electron chi connectivity index (χ3n) is 4.57. The van der Waals surface area contributed by atoms with Gasteiger partial charge >= 0.3 is 5.97 Å². The summed E-state index contributed by atoms with van der Waals surface area (Å²) < 4.78 is 10.5. The van der Waals surface area contributed by atoms with Gasteiger partial charge in [0.1, 0.15) is 18.1 Å². The largest absolute Gasteiger partial charge is 0.462 e. The number of amides is 1. The smallest absolute Gasteiger partial charge is 0.341 e. The first-order valence-electron chi connectivity index (χ1n) is 8.89. The van der Waals surface area contributed by atoms with Crippen molar-refractivity contribution >= 4 is 33.9 Å². The number of quaternary nitrogens is 1. The summed E-state index contributed by atoms with van der Waals surface area (Å²) in [6.07, 6.45) is 2.14. The fourth-order valence-electron chi connectivity index (χ4n) is 3.32. The lowest BCUT2D eigenvalue weighted by Gasteiger charge is -2.23. The highest BCUT2D eigenvalue weighted by molar-refractivity contribution is 7.19. The van der Waals surface area contributed by atoms with E-state index < -0.39 is 5.97 Å². The molecule has 3 rings (SSSR count). The number of carbonyl (C=O) groups is 2. The molecule has 0 aromatic carbocycles. The molecule has 2 aliphatic rings. The van der Waals surface area contributed by atoms with E-state index in [1.165, 1.54) is 11.3 Å². The van der Waals surface area contributed by atoms with Gasteiger partial charge in [0.25, 0.3) is 5.91 Å². The molecule has 3 N–H and O–H groups in total. The van der Waals surface area contributed by atoms with Gasteiger partial charge < -0.3 is 24.9 Å². The zero-order valence-corrected chi connectivity index (χ0v) is 15.6. The lowest BCUT2D eigenvalue weighted by atomic mass is 9.94. The van der Waals surface area contributed by atoms with E-state index in [1.807, 2.05) is 0 Å². The minimum absolute atomic E-state index is 0.145. The highest BCUT2D eigenvalue weighted by Gasteiger charge is 2.31. The lowest BCUT2D eigenvalue weighted by Crippen LogP contribution is -3.15. The second kappa shape index (κ2) is 8.61. The molecule has 1 amide bonds. The molecule has 1 fully saturated rings. The Balaban J connectivity index is 1.84. The van der Waals surface area contributed by atoms with Crippen molar-refractivity contribution in [1.29, 1.82) is 0 Å². The van der Waals surface area contributed by atoms with Crippen LogP contribution in [0, 0.1) is 0 Å². The average Bonchev–Trinajstić information content (AvgIpc) is 3.00. The molecule has 0 unspecified atom stereocenters. The number of hydrogen-bond acceptors (Lipinski definition) is 7. The van der Waals surface area contributed by atoms with E-state index in [2.05, 4.69) is 10.5 Å². The Morgan fingerprint density at radius 3 is 2.81 bits per heavy atom. The maximum atomic E-state index is 12.5. The highest BCUT2D eigenvalue weighted by Crippen LogP contribution is 2.38. The molecule has 0 saturated carbocycles. The van der Waals surface area contributed by atoms with Crippen LogP contribution in [0.2, 0.25) is 0 Å². The monoisotopic (exact) mass is 382 g/mol. The molecule has 1 aromatic heterocycles. The van der Waals surface area contributed by atoms with Gasteiger partial charge in [0.15, 0.2) is 6.54 Å². The summed E-state index contributed by atoms with van der Waals surface area (Å²) in [5.74, 6) is -0.591. The number of rotatable bonds is 5. The Morgan fingerprint density at radius 1 is 1.35 bits per heavy atom. The summed E-state index contributed by atoms with van der Waals surface area (Å²) in [5.41, 5.74) is 1.76. The number of esters is 1. The second-order valence-corrected chi connectivity index (χ2v) is 7.34. The first kappa shape index (κ1) is 18.8. The minimum atomic E-state index is -0.446. The molecule has 2 heterocycles. The number of oxime groups is 1. The van der Waals surface area contributed by atoms with Gasteiger partial charge in [0.05, 0.1) is 36.0 Å². The Morgan fingerprint density at radius 2 is 2.12 bits per heavy atom. The standard InChI is InChI=1S/C17H23N3O5S/c1-2-25-17(22)14-11-4-3-5-12(19-23)15(11)26-16(14)18-13(21)10-20-6-8-24-9-7-20/h23H,2-10H2,1H3,(H,18,21)/p+1/b19-12+. The zero-order valence-electron chi connectivity index (χ0n) is 14.8. The van der Waals surface area contributed by atoms with E-state index in [4.69, 9.17) is 9.47 Å². The normalized spacial score (nSPS) is 19.2. The third-order valence-corrected chi connectivity index (χ3v) is 5.77. The van der Waals surface area contributed by atoms with E-state index >= 15 is 0 Å². The van der Waals surface area contributed by atoms with Crippen molar-refractivity contribution in [3.05, 3.63) is 16.0 Å². The van der Waals surface area contributed by atoms with Crippen molar-refractivity contribution in [3.63, 3.8) is 0 Å². The predicted octanol–water partition coefficient (Wildman–Crippen LogP) is 0.293. The summed E-state index contributed by atoms with van der Waals surface area (Å²) in [5, 5.41) is 16.0. The van der Waals surface area contributed by atoms with E-state index in [0.717, 1.165) is 34.9 Å². The Bertz CT molecular complexity index is 709. The van der Waals surface area contributed by atoms with E-state index in [-0.39, 0.29) is 12.5 Å². The van der Waals surface area contributed by atoms with Crippen LogP contribution in [-0.4, -0.2) is 62.3 Å². The molecule has 0 spiro atoms. The quantitative estimate of drug-likeness (QED) is 0.386. The van der Waals surface area contributed by atoms with Crippen LogP contribution >= 0.6 is 11.3 Å². The Kier molecular flexibility index (Phi) is 6.23. The van der Waals surface area contributed by atoms with Crippen LogP contribution in [0.1, 0.15) is 40.6 Å². The molecule has 0 bridgehead atoms. The predicted molar refractivity (Wildman–Crippen MR) is 96.5 cm³/mol. The summed E-state index contributed by atoms with van der Waals surface area (Å²) in [6.45, 7) is 5.23. The number of hydrogen-bond donors (Lipinski definition) is 3. The van der Waals surface area contributed by atoms with Crippen LogP contribution in [0.3, 0.4) is 0 Å². The third kappa shape index (κ3) is 4.05. The molecule has 8 nitrogen and oxygen atoms in total. The molecule has 1 aliphatic heterocycles. The first-order chi connectivity index (χ1) is 12.6. The van der Waals surface area contributed by atoms with Crippen LogP contribution in [0.4, 0.5) is 5.00 Å². The number of nitrogens with zero attached hydrogens (tertiary/aromatic N) is 1. The second-order valence-electron chi connectivity index (χ2n) is 6.32. The van der Waals surface area contributed by atoms with Gasteiger partial charge in [-0.3, -0.25) is 4.79 Å². The first-order valence-corrected chi connectivity index (χ1v) is 9.71. The van der Waals surface area contributed by atoms with Crippen molar-refractivity contribution in [2.24, 2.45) is 5.16 Å². The van der Waals surface area contributed by atoms with Crippen LogP contribution in [-0.2, 0) is 20.7 Å². The topological polar surface area (TPSA) is 102 Å². The molecule has 0 atom stereocenters. The molecule has 1 saturated heterocycles. The van der Waals surface area contributed by atoms with Gasteiger partial charge in [-0.05, 0) is 31.7 Å². The number of carbonyl (C=O) groups excluding carboxylic acids is 2. The van der Waals surface area contributed by atoms with Gasteiger partial charge in [0, 0.05) is 0 Å². The molecule has 0 radical (unpaired) electrons. The molecular weight excluding hydrogens is 358 g/mol. The van der Waals surface area contributed by atoms with Crippen molar-refractivity contribution in [3.8, 4) is 0 Å². The fraction of sp³-hybridized carbons (Fsp3) is 0.588. The fourth-order valence-corrected chi connectivity index (χ4v) is 4.59. The molecule has 142 valence electrons. The van der Waals surface area contributed by atoms with Crippen molar-refractivity contribution < 1.29 is 29.2 Å². The SMILES string of the molecule is CCOC(=O)c1c(NC(=O)C[NH+]2CCOCC2)sc2c1CCC/C2=N\O. The van der Waals surface area contributed by atoms with E-state index in [0.29, 0.717) is 48.9 Å². The van der Waals surface area contributed by atoms with Gasteiger partial charge in [-0.25, -0.2) is 4.79 Å². The van der Waals surface area contributed by atoms with Crippen molar-refractivity contribution in [2.45, 2.75) is 26.2 Å². The molecule has 26 heavy (non-hydrogen) atoms. The summed E-state index contributed by atoms with van der Waals surface area (Å²) in [4.78, 5) is 26.9. The number of anilines is 1. The number of morpholine rings is 1. The van der Waals surface area contributed by atoms with Gasteiger partial charge in [0.2, 0.25) is 0 Å². The number of thiophene rings is 1. The van der Waals surface area contributed by atoms with E-state index in [1.54, 1.807) is 6.92 Å². The van der Waals surface area contributed by atoms with Crippen molar-refractivity contribution in [1.82, 2.24) is 0 Å². The van der Waals surface area contributed by atoms with Gasteiger partial charge in [-0.1, -0.05) is 5.16 Å². The molecule has 1 aromatic rings. The lowest BCUT2D eigenvalue weighted by molar-refractivity contribution is -0.899. The maximum absolute atomic E-state index is 12.5. The summed E-state index contributed by atoms with van der Waals surface area (Å²) >= 11 is 1.28. The number of ether oxygens (including phenoxy) is 2. The van der Waals surface area contributed by atoms with Gasteiger partial charge in [-0.15, -0.1) is 11.3 Å². The highest BCUT2D eigenvalue weighted by atomic mass is 32.1. The maximum Gasteiger partial charge on any atom is 0.341 e. The van der Waals surface area contributed by atoms with Crippen LogP contribution in [0.15, 0.2) is 5.16 Å². The number of fused-ring (bicyclic) bond motifs is 1. The van der Waals surface area contributed by atoms with Crippen LogP contribution in [0.5, 0.6) is 0 Å². The zero-order chi connectivity index (χ0) is 18.5. The molecular formula is C17H24N3O5S+. The van der Waals surface area contributed by atoms with Gasteiger partial charge in [-0.2, -0.15) is 0 Å². The molecule has 9 heteroatoms. The van der Waals surface area contributed by atoms with Crippen LogP contribution < -0.4 is 10.2 Å². The minimum Gasteiger partial charge on any atom is -0.462 e. The average molecular weight is 382 g/mol. The Hall–Kier alpha value is -1.97. The van der Waals surface area contributed by atoms with E-state index in [9.17, 15) is 14.8 Å². The summed E-state index contributed by atoms with van der Waals surface area (Å²) in [7, 11) is 0. The molecule has 1 aliphatic carbocycles.